The van der Waals surface area contributed by atoms with Crippen molar-refractivity contribution in [1.82, 2.24) is 20.4 Å². The molecular formula is C23H36IN5S2. The summed E-state index contributed by atoms with van der Waals surface area (Å²) in [7, 11) is 4.15. The molecule has 0 radical (unpaired) electrons. The summed E-state index contributed by atoms with van der Waals surface area (Å²) in [6, 6.07) is 9.85. The van der Waals surface area contributed by atoms with Crippen LogP contribution in [0.15, 0.2) is 40.0 Å². The number of rotatable bonds is 7. The first-order valence-corrected chi connectivity index (χ1v) is 13.0. The standard InChI is InChI=1S/C23H35N5S2.HI/c1-24-23(26-17-19(20-9-6-14-29-20)28-12-3-4-13-28)25-16-18-8-5-11-27(2)22(18)21-10-7-15-30-21;/h6-7,9-10,14-15,18-19,22H,3-5,8,11-13,16-17H2,1-2H3,(H2,24,25,26);1H. The van der Waals surface area contributed by atoms with E-state index in [0.29, 0.717) is 18.0 Å². The Bertz CT molecular complexity index is 774. The minimum absolute atomic E-state index is 0. The Kier molecular flexibility index (Phi) is 10.1. The molecule has 0 bridgehead atoms. The summed E-state index contributed by atoms with van der Waals surface area (Å²) < 4.78 is 0. The number of hydrogen-bond acceptors (Lipinski definition) is 5. The van der Waals surface area contributed by atoms with E-state index in [1.807, 2.05) is 29.7 Å². The highest BCUT2D eigenvalue weighted by Gasteiger charge is 2.31. The molecular weight excluding hydrogens is 537 g/mol. The highest BCUT2D eigenvalue weighted by atomic mass is 127. The van der Waals surface area contributed by atoms with Crippen LogP contribution >= 0.6 is 46.7 Å². The van der Waals surface area contributed by atoms with Crippen molar-refractivity contribution in [2.75, 3.05) is 46.8 Å². The smallest absolute Gasteiger partial charge is 0.191 e. The Balaban J connectivity index is 0.00000272. The van der Waals surface area contributed by atoms with E-state index >= 15 is 0 Å². The van der Waals surface area contributed by atoms with Crippen LogP contribution in [0.2, 0.25) is 0 Å². The van der Waals surface area contributed by atoms with Crippen LogP contribution in [0.3, 0.4) is 0 Å². The van der Waals surface area contributed by atoms with E-state index in [1.54, 1.807) is 0 Å². The Labute approximate surface area is 212 Å². The van der Waals surface area contributed by atoms with Crippen LogP contribution in [0, 0.1) is 5.92 Å². The fourth-order valence-corrected chi connectivity index (χ4v) is 6.81. The Morgan fingerprint density at radius 3 is 2.55 bits per heavy atom. The van der Waals surface area contributed by atoms with Gasteiger partial charge in [-0.1, -0.05) is 12.1 Å². The molecule has 31 heavy (non-hydrogen) atoms. The summed E-state index contributed by atoms with van der Waals surface area (Å²) >= 11 is 3.75. The van der Waals surface area contributed by atoms with E-state index in [-0.39, 0.29) is 24.0 Å². The van der Waals surface area contributed by atoms with Crippen LogP contribution < -0.4 is 10.6 Å². The predicted octanol–water partition coefficient (Wildman–Crippen LogP) is 4.81. The van der Waals surface area contributed by atoms with Gasteiger partial charge in [-0.25, -0.2) is 0 Å². The van der Waals surface area contributed by atoms with E-state index in [1.165, 1.54) is 55.1 Å². The number of halogens is 1. The zero-order chi connectivity index (χ0) is 20.8. The molecule has 2 aliphatic rings. The summed E-state index contributed by atoms with van der Waals surface area (Å²) in [6.07, 6.45) is 5.16. The molecule has 2 aromatic heterocycles. The zero-order valence-corrected chi connectivity index (χ0v) is 22.6. The van der Waals surface area contributed by atoms with Crippen molar-refractivity contribution in [2.45, 2.75) is 37.8 Å². The van der Waals surface area contributed by atoms with Gasteiger partial charge < -0.3 is 10.6 Å². The van der Waals surface area contributed by atoms with Crippen molar-refractivity contribution < 1.29 is 0 Å². The van der Waals surface area contributed by atoms with Crippen molar-refractivity contribution in [3.8, 4) is 0 Å². The lowest BCUT2D eigenvalue weighted by Crippen LogP contribution is -2.46. The van der Waals surface area contributed by atoms with E-state index in [4.69, 9.17) is 0 Å². The SMILES string of the molecule is CN=C(NCC1CCCN(C)C1c1cccs1)NCC(c1cccs1)N1CCCC1.I. The lowest BCUT2D eigenvalue weighted by atomic mass is 9.88. The van der Waals surface area contributed by atoms with Gasteiger partial charge >= 0.3 is 0 Å². The molecule has 0 amide bonds. The maximum Gasteiger partial charge on any atom is 0.191 e. The van der Waals surface area contributed by atoms with E-state index < -0.39 is 0 Å². The topological polar surface area (TPSA) is 42.9 Å². The van der Waals surface area contributed by atoms with Crippen molar-refractivity contribution in [3.63, 3.8) is 0 Å². The van der Waals surface area contributed by atoms with E-state index in [2.05, 4.69) is 67.5 Å². The van der Waals surface area contributed by atoms with Gasteiger partial charge in [0.2, 0.25) is 0 Å². The van der Waals surface area contributed by atoms with Gasteiger partial charge in [0.05, 0.1) is 6.04 Å². The largest absolute Gasteiger partial charge is 0.356 e. The molecule has 0 saturated carbocycles. The van der Waals surface area contributed by atoms with Gasteiger partial charge in [-0.2, -0.15) is 0 Å². The third-order valence-corrected chi connectivity index (χ3v) is 8.43. The third kappa shape index (κ3) is 6.43. The molecule has 5 nitrogen and oxygen atoms in total. The number of guanidine groups is 1. The van der Waals surface area contributed by atoms with Crippen LogP contribution in [-0.2, 0) is 0 Å². The molecule has 2 aromatic rings. The third-order valence-electron chi connectivity index (χ3n) is 6.51. The summed E-state index contributed by atoms with van der Waals surface area (Å²) in [6.45, 7) is 5.45. The van der Waals surface area contributed by atoms with Crippen LogP contribution in [0.5, 0.6) is 0 Å². The molecule has 2 saturated heterocycles. The van der Waals surface area contributed by atoms with Crippen LogP contribution in [-0.4, -0.2) is 62.6 Å². The number of nitrogens with one attached hydrogen (secondary N) is 2. The second-order valence-electron chi connectivity index (χ2n) is 8.45. The number of nitrogens with zero attached hydrogens (tertiary/aromatic N) is 3. The number of likely N-dealkylation sites (tertiary alicyclic amines) is 2. The molecule has 0 aliphatic carbocycles. The van der Waals surface area contributed by atoms with Gasteiger partial charge in [0.15, 0.2) is 5.96 Å². The Hall–Kier alpha value is -0.680. The first-order chi connectivity index (χ1) is 14.8. The number of aliphatic imine (C=N–C) groups is 1. The van der Waals surface area contributed by atoms with Gasteiger partial charge in [-0.15, -0.1) is 46.7 Å². The summed E-state index contributed by atoms with van der Waals surface area (Å²) in [5.74, 6) is 1.53. The van der Waals surface area contributed by atoms with Gasteiger partial charge in [0, 0.05) is 35.9 Å². The summed E-state index contributed by atoms with van der Waals surface area (Å²) in [5.41, 5.74) is 0. The minimum Gasteiger partial charge on any atom is -0.356 e. The van der Waals surface area contributed by atoms with Crippen LogP contribution in [0.4, 0.5) is 0 Å². The maximum atomic E-state index is 4.53. The monoisotopic (exact) mass is 573 g/mol. The Morgan fingerprint density at radius 1 is 1.10 bits per heavy atom. The first-order valence-electron chi connectivity index (χ1n) is 11.2. The maximum absolute atomic E-state index is 4.53. The van der Waals surface area contributed by atoms with Crippen molar-refractivity contribution >= 4 is 52.6 Å². The molecule has 172 valence electrons. The average molecular weight is 574 g/mol. The summed E-state index contributed by atoms with van der Waals surface area (Å²) in [4.78, 5) is 12.6. The molecule has 4 rings (SSSR count). The fraction of sp³-hybridized carbons (Fsp3) is 0.609. The Morgan fingerprint density at radius 2 is 1.87 bits per heavy atom. The second-order valence-corrected chi connectivity index (χ2v) is 10.4. The fourth-order valence-electron chi connectivity index (χ4n) is 4.97. The lowest BCUT2D eigenvalue weighted by Gasteiger charge is -2.39. The van der Waals surface area contributed by atoms with E-state index in [9.17, 15) is 0 Å². The minimum atomic E-state index is 0. The molecule has 3 unspecified atom stereocenters. The van der Waals surface area contributed by atoms with E-state index in [0.717, 1.165) is 19.0 Å². The second kappa shape index (κ2) is 12.5. The number of hydrogen-bond donors (Lipinski definition) is 2. The van der Waals surface area contributed by atoms with Gasteiger partial charge in [0.25, 0.3) is 0 Å². The van der Waals surface area contributed by atoms with Crippen LogP contribution in [0.25, 0.3) is 0 Å². The van der Waals surface area contributed by atoms with Gasteiger partial charge in [-0.05, 0) is 81.2 Å². The van der Waals surface area contributed by atoms with Crippen LogP contribution in [0.1, 0.15) is 47.5 Å². The normalized spacial score (nSPS) is 24.0. The highest BCUT2D eigenvalue weighted by molar-refractivity contribution is 14.0. The van der Waals surface area contributed by atoms with Crippen molar-refractivity contribution in [1.29, 1.82) is 0 Å². The molecule has 2 aliphatic heterocycles. The molecule has 8 heteroatoms. The molecule has 0 aromatic carbocycles. The predicted molar refractivity (Wildman–Crippen MR) is 145 cm³/mol. The molecule has 4 heterocycles. The zero-order valence-electron chi connectivity index (χ0n) is 18.6. The number of thiophene rings is 2. The molecule has 2 N–H and O–H groups in total. The molecule has 0 spiro atoms. The molecule has 2 fully saturated rings. The lowest BCUT2D eigenvalue weighted by molar-refractivity contribution is 0.125. The highest BCUT2D eigenvalue weighted by Crippen LogP contribution is 2.36. The average Bonchev–Trinajstić information content (AvgIpc) is 3.54. The number of piperidine rings is 1. The molecule has 3 atom stereocenters. The van der Waals surface area contributed by atoms with Crippen molar-refractivity contribution in [2.24, 2.45) is 10.9 Å². The van der Waals surface area contributed by atoms with Crippen molar-refractivity contribution in [3.05, 3.63) is 44.8 Å². The summed E-state index contributed by atoms with van der Waals surface area (Å²) in [5, 5.41) is 11.7. The van der Waals surface area contributed by atoms with Gasteiger partial charge in [0.1, 0.15) is 0 Å². The quantitative estimate of drug-likeness (QED) is 0.284. The first kappa shape index (κ1) is 25.0. The van der Waals surface area contributed by atoms with Gasteiger partial charge in [-0.3, -0.25) is 14.8 Å².